The van der Waals surface area contributed by atoms with Gasteiger partial charge in [0.15, 0.2) is 0 Å². The van der Waals surface area contributed by atoms with Gasteiger partial charge in [0.2, 0.25) is 0 Å². The maximum Gasteiger partial charge on any atom is 0.416 e. The molecular weight excluding hydrogens is 673 g/mol. The Balaban J connectivity index is 1.70. The molecule has 2 aliphatic rings. The molecule has 0 unspecified atom stereocenters. The molecule has 0 saturated carbocycles. The van der Waals surface area contributed by atoms with Crippen LogP contribution in [-0.4, -0.2) is 54.6 Å². The van der Waals surface area contributed by atoms with E-state index in [1.165, 1.54) is 6.20 Å². The topological polar surface area (TPSA) is 93.8 Å². The maximum atomic E-state index is 13.9. The lowest BCUT2D eigenvalue weighted by Crippen LogP contribution is -2.61. The Kier molecular flexibility index (Phi) is 9.82. The number of hydrogen-bond donors (Lipinski definition) is 1. The van der Waals surface area contributed by atoms with E-state index < -0.39 is 59.3 Å². The molecule has 0 spiro atoms. The Morgan fingerprint density at radius 3 is 2.08 bits per heavy atom. The zero-order valence-electron chi connectivity index (χ0n) is 26.3. The SMILES string of the molecule is CCOC(=O)N1c2ccc(C(F)(F)F)cc2[C@@H](c2ncc(N3CCOCC3)c(Cc3cc(C(F)(F)F)cc(C(F)(F)F)c3)n2)C[C@@]1(N)CC. The van der Waals surface area contributed by atoms with Gasteiger partial charge in [-0.3, -0.25) is 4.90 Å². The zero-order valence-corrected chi connectivity index (χ0v) is 26.3. The summed E-state index contributed by atoms with van der Waals surface area (Å²) in [5.41, 5.74) is 1.20. The molecule has 1 amide bonds. The number of anilines is 2. The first-order valence-electron chi connectivity index (χ1n) is 15.3. The first-order valence-corrected chi connectivity index (χ1v) is 15.3. The lowest BCUT2D eigenvalue weighted by atomic mass is 9.80. The molecule has 0 aliphatic carbocycles. The summed E-state index contributed by atoms with van der Waals surface area (Å²) < 4.78 is 135. The minimum Gasteiger partial charge on any atom is -0.449 e. The Bertz CT molecular complexity index is 1660. The summed E-state index contributed by atoms with van der Waals surface area (Å²) in [4.78, 5) is 25.1. The van der Waals surface area contributed by atoms with Gasteiger partial charge in [0, 0.05) is 25.4 Å². The van der Waals surface area contributed by atoms with Crippen LogP contribution >= 0.6 is 0 Å². The molecule has 5 rings (SSSR count). The highest BCUT2D eigenvalue weighted by molar-refractivity contribution is 5.91. The van der Waals surface area contributed by atoms with Crippen molar-refractivity contribution in [2.24, 2.45) is 5.73 Å². The molecule has 17 heteroatoms. The fourth-order valence-electron chi connectivity index (χ4n) is 6.12. The average Bonchev–Trinajstić information content (AvgIpc) is 3.03. The van der Waals surface area contributed by atoms with E-state index in [0.29, 0.717) is 30.9 Å². The third-order valence-corrected chi connectivity index (χ3v) is 8.58. The van der Waals surface area contributed by atoms with E-state index in [1.54, 1.807) is 18.7 Å². The second kappa shape index (κ2) is 13.3. The highest BCUT2D eigenvalue weighted by atomic mass is 19.4. The number of ether oxygens (including phenoxy) is 2. The van der Waals surface area contributed by atoms with E-state index in [9.17, 15) is 44.3 Å². The van der Waals surface area contributed by atoms with Crippen molar-refractivity contribution < 1.29 is 53.8 Å². The van der Waals surface area contributed by atoms with Gasteiger partial charge in [-0.2, -0.15) is 39.5 Å². The van der Waals surface area contributed by atoms with Crippen LogP contribution in [0.1, 0.15) is 71.9 Å². The van der Waals surface area contributed by atoms with Gasteiger partial charge in [0.1, 0.15) is 11.5 Å². The van der Waals surface area contributed by atoms with Crippen LogP contribution in [0.2, 0.25) is 0 Å². The molecular formula is C32H32F9N5O3. The van der Waals surface area contributed by atoms with E-state index in [0.717, 1.165) is 23.1 Å². The predicted molar refractivity (Wildman–Crippen MR) is 159 cm³/mol. The zero-order chi connectivity index (χ0) is 35.9. The van der Waals surface area contributed by atoms with Crippen LogP contribution in [0.25, 0.3) is 0 Å². The van der Waals surface area contributed by atoms with E-state index in [1.807, 2.05) is 0 Å². The molecule has 8 nitrogen and oxygen atoms in total. The maximum absolute atomic E-state index is 13.9. The number of nitrogens with zero attached hydrogens (tertiary/aromatic N) is 4. The molecule has 3 aromatic rings. The van der Waals surface area contributed by atoms with E-state index >= 15 is 0 Å². The highest BCUT2D eigenvalue weighted by Crippen LogP contribution is 2.48. The van der Waals surface area contributed by atoms with Gasteiger partial charge in [-0.1, -0.05) is 6.92 Å². The van der Waals surface area contributed by atoms with Crippen molar-refractivity contribution in [1.82, 2.24) is 9.97 Å². The molecule has 1 saturated heterocycles. The second-order valence-electron chi connectivity index (χ2n) is 11.8. The second-order valence-corrected chi connectivity index (χ2v) is 11.8. The Morgan fingerprint density at radius 1 is 0.918 bits per heavy atom. The fourth-order valence-corrected chi connectivity index (χ4v) is 6.12. The molecule has 3 heterocycles. The number of hydrogen-bond acceptors (Lipinski definition) is 7. The summed E-state index contributed by atoms with van der Waals surface area (Å²) in [6, 6.07) is 3.97. The summed E-state index contributed by atoms with van der Waals surface area (Å²) in [6.45, 7) is 4.33. The molecule has 1 aromatic heterocycles. The van der Waals surface area contributed by atoms with Crippen LogP contribution < -0.4 is 15.5 Å². The standard InChI is InChI=1S/C32H32F9N5O3/c1-3-29(42)16-23(22-15-19(30(33,34)35)5-6-25(22)46(29)28(47)49-4-2)27-43-17-26(45-7-9-48-10-8-45)24(44-27)13-18-11-20(31(36,37)38)14-21(12-18)32(39,40)41/h5-6,11-12,14-15,17,23H,3-4,7-10,13,16,42H2,1-2H3/t23-,29+/m0/s1. The largest absolute Gasteiger partial charge is 0.449 e. The summed E-state index contributed by atoms with van der Waals surface area (Å²) in [7, 11) is 0. The van der Waals surface area contributed by atoms with Crippen LogP contribution in [0.3, 0.4) is 0 Å². The molecule has 49 heavy (non-hydrogen) atoms. The number of carbonyl (C=O) groups is 1. The highest BCUT2D eigenvalue weighted by Gasteiger charge is 2.47. The van der Waals surface area contributed by atoms with Crippen molar-refractivity contribution >= 4 is 17.5 Å². The summed E-state index contributed by atoms with van der Waals surface area (Å²) >= 11 is 0. The van der Waals surface area contributed by atoms with Crippen LogP contribution in [0.15, 0.2) is 42.6 Å². The van der Waals surface area contributed by atoms with E-state index in [4.69, 9.17) is 15.2 Å². The van der Waals surface area contributed by atoms with Gasteiger partial charge < -0.3 is 20.1 Å². The minimum atomic E-state index is -5.09. The number of carbonyl (C=O) groups excluding carboxylic acids is 1. The molecule has 1 fully saturated rings. The molecule has 2 aromatic carbocycles. The minimum absolute atomic E-state index is 0.0131. The monoisotopic (exact) mass is 705 g/mol. The van der Waals surface area contributed by atoms with Crippen LogP contribution in [0.5, 0.6) is 0 Å². The van der Waals surface area contributed by atoms with Crippen LogP contribution in [-0.2, 0) is 34.4 Å². The Morgan fingerprint density at radius 2 is 1.53 bits per heavy atom. The molecule has 2 atom stereocenters. The van der Waals surface area contributed by atoms with Crippen molar-refractivity contribution in [3.8, 4) is 0 Å². The lowest BCUT2D eigenvalue weighted by Gasteiger charge is -2.46. The number of morpholine rings is 1. The van der Waals surface area contributed by atoms with E-state index in [-0.39, 0.29) is 67.1 Å². The summed E-state index contributed by atoms with van der Waals surface area (Å²) in [5, 5.41) is 0. The predicted octanol–water partition coefficient (Wildman–Crippen LogP) is 7.52. The van der Waals surface area contributed by atoms with Crippen molar-refractivity contribution in [3.63, 3.8) is 0 Å². The first-order chi connectivity index (χ1) is 22.9. The van der Waals surface area contributed by atoms with E-state index in [2.05, 4.69) is 9.97 Å². The van der Waals surface area contributed by atoms with Gasteiger partial charge in [0.25, 0.3) is 0 Å². The van der Waals surface area contributed by atoms with Gasteiger partial charge in [-0.25, -0.2) is 14.8 Å². The van der Waals surface area contributed by atoms with Crippen LogP contribution in [0.4, 0.5) is 55.7 Å². The number of fused-ring (bicyclic) bond motifs is 1. The Hall–Kier alpha value is -4.12. The first kappa shape index (κ1) is 36.2. The molecule has 0 radical (unpaired) electrons. The quantitative estimate of drug-likeness (QED) is 0.265. The number of amides is 1. The number of nitrogens with two attached hydrogens (primary N) is 1. The van der Waals surface area contributed by atoms with Gasteiger partial charge in [0.05, 0.1) is 59.8 Å². The van der Waals surface area contributed by atoms with Crippen molar-refractivity contribution in [1.29, 1.82) is 0 Å². The van der Waals surface area contributed by atoms with Crippen molar-refractivity contribution in [2.45, 2.75) is 63.2 Å². The number of alkyl halides is 9. The number of halogens is 9. The van der Waals surface area contributed by atoms with Gasteiger partial charge >= 0.3 is 24.6 Å². The number of benzene rings is 2. The van der Waals surface area contributed by atoms with Crippen LogP contribution in [0, 0.1) is 0 Å². The van der Waals surface area contributed by atoms with Gasteiger partial charge in [-0.15, -0.1) is 0 Å². The molecule has 2 aliphatic heterocycles. The smallest absolute Gasteiger partial charge is 0.416 e. The third kappa shape index (κ3) is 7.56. The van der Waals surface area contributed by atoms with Crippen molar-refractivity contribution in [2.75, 3.05) is 42.7 Å². The van der Waals surface area contributed by atoms with Gasteiger partial charge in [-0.05, 0) is 67.3 Å². The number of aromatic nitrogens is 2. The van der Waals surface area contributed by atoms with Crippen molar-refractivity contribution in [3.05, 3.63) is 81.9 Å². The summed E-state index contributed by atoms with van der Waals surface area (Å²) in [5.74, 6) is -1.15. The Labute approximate surface area is 275 Å². The molecule has 0 bridgehead atoms. The molecule has 2 N–H and O–H groups in total. The normalized spacial score (nSPS) is 20.3. The lowest BCUT2D eigenvalue weighted by molar-refractivity contribution is -0.143. The number of rotatable bonds is 6. The third-order valence-electron chi connectivity index (χ3n) is 8.58. The fraction of sp³-hybridized carbons (Fsp3) is 0.469. The average molecular weight is 706 g/mol. The molecule has 266 valence electrons. The summed E-state index contributed by atoms with van der Waals surface area (Å²) in [6.07, 6.45) is -15.1.